The maximum atomic E-state index is 15.4. The smallest absolute Gasteiger partial charge is 0.226 e. The molecule has 0 saturated carbocycles. The molecule has 0 radical (unpaired) electrons. The maximum absolute atomic E-state index is 15.4. The summed E-state index contributed by atoms with van der Waals surface area (Å²) in [6.45, 7) is 0. The second-order valence-corrected chi connectivity index (χ2v) is 6.54. The number of hydrogen-bond donors (Lipinski definition) is 0. The zero-order valence-corrected chi connectivity index (χ0v) is 13.9. The van der Waals surface area contributed by atoms with Crippen LogP contribution < -0.4 is 0 Å². The van der Waals surface area contributed by atoms with E-state index in [4.69, 9.17) is 0 Å². The van der Waals surface area contributed by atoms with Crippen molar-refractivity contribution in [1.29, 1.82) is 0 Å². The summed E-state index contributed by atoms with van der Waals surface area (Å²) in [5.74, 6) is -4.22. The van der Waals surface area contributed by atoms with Gasteiger partial charge in [0.15, 0.2) is 11.7 Å². The molecule has 2 atom stereocenters. The average molecular weight is 368 g/mol. The van der Waals surface area contributed by atoms with Crippen LogP contribution in [0, 0.1) is 5.82 Å². The maximum Gasteiger partial charge on any atom is 0.235 e. The topological polar surface area (TPSA) is 0 Å². The Morgan fingerprint density at radius 2 is 1.40 bits per heavy atom. The molecule has 1 aliphatic carbocycles. The van der Waals surface area contributed by atoms with Gasteiger partial charge in [-0.05, 0) is 35.6 Å². The molecule has 0 saturated heterocycles. The third-order valence-corrected chi connectivity index (χ3v) is 5.08. The van der Waals surface area contributed by atoms with Gasteiger partial charge >= 0.3 is 0 Å². The average Bonchev–Trinajstić information content (AvgIpc) is 2.64. The Morgan fingerprint density at radius 3 is 1.96 bits per heavy atom. The summed E-state index contributed by atoms with van der Waals surface area (Å²) < 4.78 is 72.9. The van der Waals surface area contributed by atoms with E-state index in [-0.39, 0.29) is 11.1 Å². The highest BCUT2D eigenvalue weighted by atomic mass is 32.2. The highest BCUT2D eigenvalue weighted by Crippen LogP contribution is 2.55. The first-order chi connectivity index (χ1) is 11.8. The number of benzene rings is 2. The minimum atomic E-state index is -2.94. The summed E-state index contributed by atoms with van der Waals surface area (Å²) in [6, 6.07) is 11.6. The molecule has 2 aromatic carbocycles. The Labute approximate surface area is 146 Å². The molecule has 0 spiro atoms. The standard InChI is InChI=1S/C19H13F5S/c1-25-19(24)15(12-7-9-14(20)10-8-12)11-18(23,16(21)17(19)22)13-5-3-2-4-6-13/h2-11H,1H3. The minimum absolute atomic E-state index is 0.0684. The van der Waals surface area contributed by atoms with E-state index in [0.717, 1.165) is 18.2 Å². The van der Waals surface area contributed by atoms with E-state index in [1.54, 1.807) is 6.07 Å². The molecular weight excluding hydrogens is 355 g/mol. The number of halogens is 5. The predicted molar refractivity (Wildman–Crippen MR) is 90.2 cm³/mol. The first-order valence-electron chi connectivity index (χ1n) is 7.37. The summed E-state index contributed by atoms with van der Waals surface area (Å²) in [5.41, 5.74) is -3.44. The van der Waals surface area contributed by atoms with Gasteiger partial charge in [-0.3, -0.25) is 0 Å². The van der Waals surface area contributed by atoms with Gasteiger partial charge in [-0.2, -0.15) is 0 Å². The van der Waals surface area contributed by atoms with Crippen LogP contribution in [0.5, 0.6) is 0 Å². The summed E-state index contributed by atoms with van der Waals surface area (Å²) in [5, 5.41) is -2.90. The molecule has 25 heavy (non-hydrogen) atoms. The van der Waals surface area contributed by atoms with E-state index in [1.165, 1.54) is 42.7 Å². The van der Waals surface area contributed by atoms with E-state index < -0.39 is 33.7 Å². The molecule has 0 nitrogen and oxygen atoms in total. The largest absolute Gasteiger partial charge is 0.235 e. The van der Waals surface area contributed by atoms with Gasteiger partial charge in [0.1, 0.15) is 5.82 Å². The van der Waals surface area contributed by atoms with Gasteiger partial charge in [-0.1, -0.05) is 42.5 Å². The fraction of sp³-hybridized carbons (Fsp3) is 0.158. The molecule has 0 aromatic heterocycles. The second-order valence-electron chi connectivity index (χ2n) is 5.57. The Balaban J connectivity index is 2.26. The highest BCUT2D eigenvalue weighted by Gasteiger charge is 2.53. The Kier molecular flexibility index (Phi) is 4.49. The van der Waals surface area contributed by atoms with Crippen molar-refractivity contribution in [3.8, 4) is 0 Å². The molecule has 0 N–H and O–H groups in total. The molecule has 0 heterocycles. The number of thioether (sulfide) groups is 1. The van der Waals surface area contributed by atoms with Crippen molar-refractivity contribution < 1.29 is 22.0 Å². The minimum Gasteiger partial charge on any atom is -0.226 e. The lowest BCUT2D eigenvalue weighted by Gasteiger charge is -2.34. The van der Waals surface area contributed by atoms with Crippen LogP contribution >= 0.6 is 11.8 Å². The summed E-state index contributed by atoms with van der Waals surface area (Å²) in [7, 11) is 0. The predicted octanol–water partition coefficient (Wildman–Crippen LogP) is 6.27. The molecule has 0 amide bonds. The number of rotatable bonds is 3. The van der Waals surface area contributed by atoms with Gasteiger partial charge in [0.2, 0.25) is 10.7 Å². The number of hydrogen-bond acceptors (Lipinski definition) is 1. The quantitative estimate of drug-likeness (QED) is 0.576. The number of alkyl halides is 2. The zero-order chi connectivity index (χ0) is 18.2. The Hall–Kier alpha value is -2.08. The monoisotopic (exact) mass is 368 g/mol. The highest BCUT2D eigenvalue weighted by molar-refractivity contribution is 8.00. The molecule has 3 rings (SSSR count). The Morgan fingerprint density at radius 1 is 0.800 bits per heavy atom. The van der Waals surface area contributed by atoms with Gasteiger partial charge in [-0.15, -0.1) is 11.8 Å². The third-order valence-electron chi connectivity index (χ3n) is 4.11. The van der Waals surface area contributed by atoms with Gasteiger partial charge in [0.25, 0.3) is 0 Å². The van der Waals surface area contributed by atoms with Gasteiger partial charge in [0.05, 0.1) is 0 Å². The van der Waals surface area contributed by atoms with Crippen LogP contribution in [0.4, 0.5) is 22.0 Å². The van der Waals surface area contributed by atoms with Crippen LogP contribution in [0.3, 0.4) is 0 Å². The van der Waals surface area contributed by atoms with E-state index in [1.807, 2.05) is 0 Å². The molecule has 6 heteroatoms. The molecule has 0 bridgehead atoms. The van der Waals surface area contributed by atoms with E-state index in [2.05, 4.69) is 0 Å². The van der Waals surface area contributed by atoms with Crippen LogP contribution in [0.2, 0.25) is 0 Å². The molecule has 1 aliphatic rings. The second kappa shape index (κ2) is 6.33. The van der Waals surface area contributed by atoms with Crippen molar-refractivity contribution in [3.63, 3.8) is 0 Å². The molecule has 0 aliphatic heterocycles. The van der Waals surface area contributed by atoms with Crippen LogP contribution in [-0.2, 0) is 5.67 Å². The SMILES string of the molecule is CSC1(F)C(c2ccc(F)cc2)=CC(F)(c2ccccc2)C(F)=C1F. The molecule has 130 valence electrons. The lowest BCUT2D eigenvalue weighted by atomic mass is 9.83. The molecule has 2 unspecified atom stereocenters. The lowest BCUT2D eigenvalue weighted by molar-refractivity contribution is 0.203. The Bertz CT molecular complexity index is 844. The van der Waals surface area contributed by atoms with Crippen molar-refractivity contribution in [2.45, 2.75) is 10.7 Å². The lowest BCUT2D eigenvalue weighted by Crippen LogP contribution is -2.33. The van der Waals surface area contributed by atoms with Crippen molar-refractivity contribution >= 4 is 17.3 Å². The van der Waals surface area contributed by atoms with Crippen LogP contribution in [0.25, 0.3) is 5.57 Å². The van der Waals surface area contributed by atoms with Crippen molar-refractivity contribution in [2.24, 2.45) is 0 Å². The van der Waals surface area contributed by atoms with Crippen LogP contribution in [0.15, 0.2) is 72.3 Å². The first kappa shape index (κ1) is 17.7. The fourth-order valence-corrected chi connectivity index (χ4v) is 3.43. The third kappa shape index (κ3) is 2.78. The van der Waals surface area contributed by atoms with Gasteiger partial charge in [0, 0.05) is 5.57 Å². The fourth-order valence-electron chi connectivity index (χ4n) is 2.76. The molecule has 2 aromatic rings. The van der Waals surface area contributed by atoms with Crippen molar-refractivity contribution in [1.82, 2.24) is 0 Å². The zero-order valence-electron chi connectivity index (χ0n) is 13.1. The normalized spacial score (nSPS) is 26.6. The van der Waals surface area contributed by atoms with E-state index in [0.29, 0.717) is 11.8 Å². The molecular formula is C19H13F5S. The first-order valence-corrected chi connectivity index (χ1v) is 8.59. The van der Waals surface area contributed by atoms with Crippen LogP contribution in [0.1, 0.15) is 11.1 Å². The molecule has 0 fully saturated rings. The van der Waals surface area contributed by atoms with Crippen molar-refractivity contribution in [3.05, 3.63) is 89.3 Å². The number of allylic oxidation sites excluding steroid dienone is 2. The van der Waals surface area contributed by atoms with Crippen LogP contribution in [-0.4, -0.2) is 11.3 Å². The van der Waals surface area contributed by atoms with E-state index >= 15 is 8.78 Å². The summed E-state index contributed by atoms with van der Waals surface area (Å²) >= 11 is 0.395. The summed E-state index contributed by atoms with van der Waals surface area (Å²) in [4.78, 5) is 0. The summed E-state index contributed by atoms with van der Waals surface area (Å²) in [6.07, 6.45) is 1.97. The van der Waals surface area contributed by atoms with Crippen molar-refractivity contribution in [2.75, 3.05) is 6.26 Å². The van der Waals surface area contributed by atoms with Gasteiger partial charge in [-0.25, -0.2) is 22.0 Å². The van der Waals surface area contributed by atoms with E-state index in [9.17, 15) is 13.2 Å². The van der Waals surface area contributed by atoms with Gasteiger partial charge < -0.3 is 0 Å².